The molecule has 1 aromatic rings. The normalized spacial score (nSPS) is 12.9. The molecular weight excluding hydrogens is 279 g/mol. The van der Waals surface area contributed by atoms with Crippen LogP contribution >= 0.6 is 12.4 Å². The van der Waals surface area contributed by atoms with Crippen LogP contribution in [0.5, 0.6) is 0 Å². The third-order valence-electron chi connectivity index (χ3n) is 2.51. The molecule has 1 atom stereocenters. The SMILES string of the molecule is CNC(C)CNS(=O)(=O)c1ccc(F)c(C)c1.Cl. The quantitative estimate of drug-likeness (QED) is 0.864. The number of likely N-dealkylation sites (N-methyl/N-ethyl adjacent to an activating group) is 1. The molecule has 1 rings (SSSR count). The van der Waals surface area contributed by atoms with Crippen molar-refractivity contribution in [2.75, 3.05) is 13.6 Å². The molecule has 0 aliphatic carbocycles. The zero-order valence-corrected chi connectivity index (χ0v) is 12.2. The van der Waals surface area contributed by atoms with Gasteiger partial charge in [0, 0.05) is 12.6 Å². The highest BCUT2D eigenvalue weighted by Gasteiger charge is 2.15. The first-order valence-electron chi connectivity index (χ1n) is 5.30. The molecule has 2 N–H and O–H groups in total. The molecule has 0 spiro atoms. The average molecular weight is 297 g/mol. The van der Waals surface area contributed by atoms with E-state index in [1.807, 2.05) is 6.92 Å². The van der Waals surface area contributed by atoms with Crippen LogP contribution in [0.2, 0.25) is 0 Å². The molecule has 4 nitrogen and oxygen atoms in total. The lowest BCUT2D eigenvalue weighted by molar-refractivity contribution is 0.553. The molecule has 0 aliphatic rings. The van der Waals surface area contributed by atoms with Crippen LogP contribution in [0.3, 0.4) is 0 Å². The van der Waals surface area contributed by atoms with Gasteiger partial charge in [-0.05, 0) is 44.7 Å². The molecule has 0 fully saturated rings. The maximum atomic E-state index is 13.0. The number of hydrogen-bond acceptors (Lipinski definition) is 3. The van der Waals surface area contributed by atoms with Gasteiger partial charge in [0.2, 0.25) is 10.0 Å². The predicted octanol–water partition coefficient (Wildman–Crippen LogP) is 1.44. The van der Waals surface area contributed by atoms with Crippen molar-refractivity contribution < 1.29 is 12.8 Å². The molecule has 0 bridgehead atoms. The highest BCUT2D eigenvalue weighted by atomic mass is 35.5. The topological polar surface area (TPSA) is 58.2 Å². The number of benzene rings is 1. The van der Waals surface area contributed by atoms with E-state index in [1.54, 1.807) is 7.05 Å². The Balaban J connectivity index is 0.00000289. The highest BCUT2D eigenvalue weighted by Crippen LogP contribution is 2.13. The van der Waals surface area contributed by atoms with Gasteiger partial charge in [-0.15, -0.1) is 12.4 Å². The van der Waals surface area contributed by atoms with Crippen LogP contribution in [-0.2, 0) is 10.0 Å². The Morgan fingerprint density at radius 2 is 2.00 bits per heavy atom. The summed E-state index contributed by atoms with van der Waals surface area (Å²) < 4.78 is 39.2. The fourth-order valence-electron chi connectivity index (χ4n) is 1.20. The second-order valence-electron chi connectivity index (χ2n) is 3.95. The molecule has 0 aliphatic heterocycles. The molecule has 104 valence electrons. The van der Waals surface area contributed by atoms with Crippen molar-refractivity contribution in [3.8, 4) is 0 Å². The Morgan fingerprint density at radius 1 is 1.39 bits per heavy atom. The molecule has 7 heteroatoms. The summed E-state index contributed by atoms with van der Waals surface area (Å²) in [5.41, 5.74) is 0.314. The Labute approximate surface area is 113 Å². The van der Waals surface area contributed by atoms with E-state index >= 15 is 0 Å². The Kier molecular flexibility index (Phi) is 6.77. The van der Waals surface area contributed by atoms with Crippen molar-refractivity contribution in [3.63, 3.8) is 0 Å². The Bertz CT molecular complexity index is 494. The highest BCUT2D eigenvalue weighted by molar-refractivity contribution is 7.89. The van der Waals surface area contributed by atoms with E-state index in [4.69, 9.17) is 0 Å². The predicted molar refractivity (Wildman–Crippen MR) is 72.1 cm³/mol. The second-order valence-corrected chi connectivity index (χ2v) is 5.72. The summed E-state index contributed by atoms with van der Waals surface area (Å²) in [7, 11) is -1.81. The second kappa shape index (κ2) is 7.04. The van der Waals surface area contributed by atoms with Gasteiger partial charge < -0.3 is 5.32 Å². The van der Waals surface area contributed by atoms with Gasteiger partial charge in [-0.1, -0.05) is 0 Å². The Morgan fingerprint density at radius 3 is 2.50 bits per heavy atom. The van der Waals surface area contributed by atoms with Crippen LogP contribution in [0.15, 0.2) is 23.1 Å². The zero-order chi connectivity index (χ0) is 13.1. The van der Waals surface area contributed by atoms with Crippen LogP contribution in [0, 0.1) is 12.7 Å². The molecular formula is C11H18ClFN2O2S. The third kappa shape index (κ3) is 4.53. The monoisotopic (exact) mass is 296 g/mol. The van der Waals surface area contributed by atoms with Gasteiger partial charge in [0.05, 0.1) is 4.90 Å². The van der Waals surface area contributed by atoms with Crippen LogP contribution in [0.4, 0.5) is 4.39 Å². The summed E-state index contributed by atoms with van der Waals surface area (Å²) in [6, 6.07) is 3.77. The molecule has 1 unspecified atom stereocenters. The van der Waals surface area contributed by atoms with E-state index in [0.717, 1.165) is 6.07 Å². The van der Waals surface area contributed by atoms with E-state index in [2.05, 4.69) is 10.0 Å². The number of rotatable bonds is 5. The summed E-state index contributed by atoms with van der Waals surface area (Å²) in [5, 5.41) is 2.92. The van der Waals surface area contributed by atoms with E-state index < -0.39 is 15.8 Å². The van der Waals surface area contributed by atoms with Crippen LogP contribution in [-0.4, -0.2) is 28.1 Å². The lowest BCUT2D eigenvalue weighted by Crippen LogP contribution is -2.37. The maximum absolute atomic E-state index is 13.0. The largest absolute Gasteiger partial charge is 0.316 e. The van der Waals surface area contributed by atoms with Crippen LogP contribution < -0.4 is 10.0 Å². The molecule has 0 saturated carbocycles. The molecule has 0 saturated heterocycles. The third-order valence-corrected chi connectivity index (χ3v) is 3.93. The van der Waals surface area contributed by atoms with E-state index in [9.17, 15) is 12.8 Å². The van der Waals surface area contributed by atoms with Crippen molar-refractivity contribution in [2.45, 2.75) is 24.8 Å². The van der Waals surface area contributed by atoms with Gasteiger partial charge >= 0.3 is 0 Å². The minimum absolute atomic E-state index is 0. The fraction of sp³-hybridized carbons (Fsp3) is 0.455. The van der Waals surface area contributed by atoms with Crippen LogP contribution in [0.1, 0.15) is 12.5 Å². The number of hydrogen-bond donors (Lipinski definition) is 2. The lowest BCUT2D eigenvalue weighted by atomic mass is 10.2. The first-order valence-corrected chi connectivity index (χ1v) is 6.78. The van der Waals surface area contributed by atoms with Crippen molar-refractivity contribution >= 4 is 22.4 Å². The maximum Gasteiger partial charge on any atom is 0.240 e. The number of sulfonamides is 1. The first-order chi connectivity index (χ1) is 7.86. The lowest BCUT2D eigenvalue weighted by Gasteiger charge is -2.12. The van der Waals surface area contributed by atoms with Crippen molar-refractivity contribution in [3.05, 3.63) is 29.6 Å². The summed E-state index contributed by atoms with van der Waals surface area (Å²) in [6.07, 6.45) is 0. The Hall–Kier alpha value is -0.690. The van der Waals surface area contributed by atoms with Crippen molar-refractivity contribution in [1.82, 2.24) is 10.0 Å². The van der Waals surface area contributed by atoms with Gasteiger partial charge in [0.1, 0.15) is 5.82 Å². The number of aryl methyl sites for hydroxylation is 1. The summed E-state index contributed by atoms with van der Waals surface area (Å²) in [6.45, 7) is 3.68. The standard InChI is InChI=1S/C11H17FN2O2S.ClH/c1-8-6-10(4-5-11(8)12)17(15,16)14-7-9(2)13-3;/h4-6,9,13-14H,7H2,1-3H3;1H. The van der Waals surface area contributed by atoms with Gasteiger partial charge in [0.15, 0.2) is 0 Å². The average Bonchev–Trinajstić information content (AvgIpc) is 2.29. The van der Waals surface area contributed by atoms with Gasteiger partial charge in [0.25, 0.3) is 0 Å². The van der Waals surface area contributed by atoms with E-state index in [-0.39, 0.29) is 29.9 Å². The van der Waals surface area contributed by atoms with E-state index in [0.29, 0.717) is 5.56 Å². The van der Waals surface area contributed by atoms with Crippen LogP contribution in [0.25, 0.3) is 0 Å². The summed E-state index contributed by atoms with van der Waals surface area (Å²) in [4.78, 5) is 0.0831. The van der Waals surface area contributed by atoms with Gasteiger partial charge in [-0.2, -0.15) is 0 Å². The molecule has 0 amide bonds. The van der Waals surface area contributed by atoms with E-state index in [1.165, 1.54) is 19.1 Å². The first kappa shape index (κ1) is 17.3. The molecule has 0 heterocycles. The minimum atomic E-state index is -3.56. The zero-order valence-electron chi connectivity index (χ0n) is 10.5. The smallest absolute Gasteiger partial charge is 0.240 e. The molecule has 1 aromatic carbocycles. The molecule has 0 aromatic heterocycles. The van der Waals surface area contributed by atoms with Gasteiger partial charge in [-0.3, -0.25) is 0 Å². The number of halogens is 2. The minimum Gasteiger partial charge on any atom is -0.316 e. The number of nitrogens with one attached hydrogen (secondary N) is 2. The fourth-order valence-corrected chi connectivity index (χ4v) is 2.42. The molecule has 0 radical (unpaired) electrons. The van der Waals surface area contributed by atoms with Crippen molar-refractivity contribution in [1.29, 1.82) is 0 Å². The summed E-state index contributed by atoms with van der Waals surface area (Å²) in [5.74, 6) is -0.410. The van der Waals surface area contributed by atoms with Crippen molar-refractivity contribution in [2.24, 2.45) is 0 Å². The van der Waals surface area contributed by atoms with Gasteiger partial charge in [-0.25, -0.2) is 17.5 Å². The molecule has 18 heavy (non-hydrogen) atoms. The summed E-state index contributed by atoms with van der Waals surface area (Å²) >= 11 is 0.